The Balaban J connectivity index is 1.63. The van der Waals surface area contributed by atoms with Crippen LogP contribution in [-0.4, -0.2) is 40.6 Å². The molecule has 2 aromatic heterocycles. The maximum absolute atomic E-state index is 13.3. The Bertz CT molecular complexity index is 1190. The number of pyridine rings is 1. The summed E-state index contributed by atoms with van der Waals surface area (Å²) in [6.07, 6.45) is 3.26. The lowest BCUT2D eigenvalue weighted by Crippen LogP contribution is -2.39. The molecule has 31 heavy (non-hydrogen) atoms. The van der Waals surface area contributed by atoms with Gasteiger partial charge in [-0.3, -0.25) is 9.67 Å². The summed E-state index contributed by atoms with van der Waals surface area (Å²) in [5, 5.41) is 4.30. The van der Waals surface area contributed by atoms with Crippen molar-refractivity contribution in [3.8, 4) is 11.1 Å². The van der Waals surface area contributed by atoms with Crippen LogP contribution in [0.3, 0.4) is 0 Å². The molecular weight excluding hydrogens is 415 g/mol. The molecule has 0 aliphatic carbocycles. The first-order chi connectivity index (χ1) is 14.8. The number of rotatable bonds is 5. The van der Waals surface area contributed by atoms with Crippen LogP contribution >= 0.6 is 0 Å². The molecule has 1 aliphatic rings. The Morgan fingerprint density at radius 1 is 1.13 bits per heavy atom. The van der Waals surface area contributed by atoms with Gasteiger partial charge in [0.15, 0.2) is 0 Å². The van der Waals surface area contributed by atoms with Crippen molar-refractivity contribution in [2.75, 3.05) is 13.1 Å². The summed E-state index contributed by atoms with van der Waals surface area (Å²) in [6.45, 7) is 7.10. The molecule has 1 aliphatic heterocycles. The zero-order valence-electron chi connectivity index (χ0n) is 18.0. The third-order valence-corrected chi connectivity index (χ3v) is 7.76. The smallest absolute Gasteiger partial charge is 0.246 e. The average molecular weight is 443 g/mol. The van der Waals surface area contributed by atoms with Crippen LogP contribution in [0, 0.1) is 19.7 Å². The lowest BCUT2D eigenvalue weighted by atomic mass is 9.93. The van der Waals surface area contributed by atoms with Crippen molar-refractivity contribution in [3.05, 3.63) is 65.5 Å². The van der Waals surface area contributed by atoms with Gasteiger partial charge in [0.05, 0.1) is 5.69 Å². The quantitative estimate of drug-likeness (QED) is 0.591. The molecule has 0 spiro atoms. The number of aryl methyl sites for hydroxylation is 3. The van der Waals surface area contributed by atoms with Crippen LogP contribution in [0.4, 0.5) is 4.39 Å². The van der Waals surface area contributed by atoms with E-state index in [1.807, 2.05) is 26.0 Å². The lowest BCUT2D eigenvalue weighted by molar-refractivity contribution is 0.312. The molecule has 6 nitrogen and oxygen atoms in total. The summed E-state index contributed by atoms with van der Waals surface area (Å²) in [7, 11) is -3.62. The molecular formula is C23H27FN4O2S. The summed E-state index contributed by atoms with van der Waals surface area (Å²) in [5.41, 5.74) is 4.13. The fourth-order valence-corrected chi connectivity index (χ4v) is 5.86. The van der Waals surface area contributed by atoms with E-state index in [0.717, 1.165) is 35.4 Å². The van der Waals surface area contributed by atoms with Crippen molar-refractivity contribution >= 4 is 10.0 Å². The van der Waals surface area contributed by atoms with Gasteiger partial charge in [-0.15, -0.1) is 0 Å². The molecule has 1 atom stereocenters. The topological polar surface area (TPSA) is 68.1 Å². The number of hydrogen-bond donors (Lipinski definition) is 0. The molecule has 3 aromatic rings. The van der Waals surface area contributed by atoms with Gasteiger partial charge in [0.1, 0.15) is 10.7 Å². The van der Waals surface area contributed by atoms with Crippen LogP contribution in [0.5, 0.6) is 0 Å². The second kappa shape index (κ2) is 8.51. The maximum Gasteiger partial charge on any atom is 0.246 e. The lowest BCUT2D eigenvalue weighted by Gasteiger charge is -2.31. The van der Waals surface area contributed by atoms with E-state index < -0.39 is 10.0 Å². The van der Waals surface area contributed by atoms with Crippen molar-refractivity contribution in [3.63, 3.8) is 0 Å². The highest BCUT2D eigenvalue weighted by Crippen LogP contribution is 2.32. The van der Waals surface area contributed by atoms with Crippen LogP contribution in [-0.2, 0) is 16.6 Å². The third-order valence-electron chi connectivity index (χ3n) is 5.80. The predicted molar refractivity (Wildman–Crippen MR) is 118 cm³/mol. The van der Waals surface area contributed by atoms with Crippen molar-refractivity contribution in [2.24, 2.45) is 0 Å². The average Bonchev–Trinajstić information content (AvgIpc) is 3.15. The molecule has 0 amide bonds. The largest absolute Gasteiger partial charge is 0.271 e. The summed E-state index contributed by atoms with van der Waals surface area (Å²) in [4.78, 5) is 4.99. The Morgan fingerprint density at radius 2 is 1.87 bits per heavy atom. The van der Waals surface area contributed by atoms with Gasteiger partial charge in [0, 0.05) is 43.1 Å². The fraction of sp³-hybridized carbons (Fsp3) is 0.391. The highest BCUT2D eigenvalue weighted by molar-refractivity contribution is 7.89. The number of benzene rings is 1. The molecule has 0 radical (unpaired) electrons. The minimum Gasteiger partial charge on any atom is -0.271 e. The SMILES string of the molecule is CCn1cc(S(=O)(=O)N2CCC[C@H](c3cc(-c4ccc(F)cc4)cc(C)n3)C2)c(C)n1. The monoisotopic (exact) mass is 442 g/mol. The standard InChI is InChI=1S/C23H27FN4O2S/c1-4-27-15-23(17(3)26-27)31(29,30)28-11-5-6-19(14-28)22-13-20(12-16(2)25-22)18-7-9-21(24)10-8-18/h7-10,12-13,15,19H,4-6,11,14H2,1-3H3/t19-/m0/s1. The fourth-order valence-electron chi connectivity index (χ4n) is 4.17. The van der Waals surface area contributed by atoms with Crippen molar-refractivity contribution in [1.29, 1.82) is 0 Å². The Morgan fingerprint density at radius 3 is 2.55 bits per heavy atom. The van der Waals surface area contributed by atoms with Crippen LogP contribution in [0.15, 0.2) is 47.5 Å². The van der Waals surface area contributed by atoms with Gasteiger partial charge in [-0.2, -0.15) is 9.40 Å². The van der Waals surface area contributed by atoms with Crippen molar-refractivity contribution in [1.82, 2.24) is 19.1 Å². The molecule has 0 unspecified atom stereocenters. The van der Waals surface area contributed by atoms with E-state index in [-0.39, 0.29) is 16.6 Å². The summed E-state index contributed by atoms with van der Waals surface area (Å²) in [5.74, 6) is -0.270. The number of piperidine rings is 1. The minimum atomic E-state index is -3.62. The van der Waals surface area contributed by atoms with Gasteiger partial charge in [-0.05, 0) is 69.0 Å². The van der Waals surface area contributed by atoms with Crippen molar-refractivity contribution < 1.29 is 12.8 Å². The van der Waals surface area contributed by atoms with Crippen LogP contribution in [0.2, 0.25) is 0 Å². The first-order valence-corrected chi connectivity index (χ1v) is 12.0. The molecule has 0 saturated carbocycles. The summed E-state index contributed by atoms with van der Waals surface area (Å²) < 4.78 is 43.2. The zero-order chi connectivity index (χ0) is 22.2. The first kappa shape index (κ1) is 21.6. The van der Waals surface area contributed by atoms with E-state index in [2.05, 4.69) is 5.10 Å². The van der Waals surface area contributed by atoms with Gasteiger partial charge >= 0.3 is 0 Å². The van der Waals surface area contributed by atoms with E-state index in [9.17, 15) is 12.8 Å². The van der Waals surface area contributed by atoms with E-state index >= 15 is 0 Å². The van der Waals surface area contributed by atoms with E-state index in [4.69, 9.17) is 4.98 Å². The van der Waals surface area contributed by atoms with Crippen molar-refractivity contribution in [2.45, 2.75) is 51.0 Å². The van der Waals surface area contributed by atoms with Gasteiger partial charge in [-0.25, -0.2) is 12.8 Å². The Labute approximate surface area is 182 Å². The normalized spacial score (nSPS) is 17.7. The molecule has 8 heteroatoms. The van der Waals surface area contributed by atoms with Gasteiger partial charge in [0.25, 0.3) is 0 Å². The number of nitrogens with zero attached hydrogens (tertiary/aromatic N) is 4. The number of sulfonamides is 1. The number of aromatic nitrogens is 3. The number of hydrogen-bond acceptors (Lipinski definition) is 4. The molecule has 0 N–H and O–H groups in total. The second-order valence-electron chi connectivity index (χ2n) is 8.07. The maximum atomic E-state index is 13.3. The van der Waals surface area contributed by atoms with Crippen LogP contribution in [0.25, 0.3) is 11.1 Å². The summed E-state index contributed by atoms with van der Waals surface area (Å²) >= 11 is 0. The minimum absolute atomic E-state index is 0.00384. The number of halogens is 1. The summed E-state index contributed by atoms with van der Waals surface area (Å²) in [6, 6.07) is 10.4. The third kappa shape index (κ3) is 4.41. The van der Waals surface area contributed by atoms with E-state index in [0.29, 0.717) is 25.3 Å². The predicted octanol–water partition coefficient (Wildman–Crippen LogP) is 4.29. The van der Waals surface area contributed by atoms with Crippen LogP contribution in [0.1, 0.15) is 42.8 Å². The first-order valence-electron chi connectivity index (χ1n) is 10.6. The highest BCUT2D eigenvalue weighted by Gasteiger charge is 2.33. The van der Waals surface area contributed by atoms with E-state index in [1.165, 1.54) is 12.1 Å². The second-order valence-corrected chi connectivity index (χ2v) is 9.97. The Hall–Kier alpha value is -2.58. The molecule has 0 bridgehead atoms. The Kier molecular flexibility index (Phi) is 5.94. The molecule has 1 aromatic carbocycles. The van der Waals surface area contributed by atoms with Gasteiger partial charge < -0.3 is 0 Å². The van der Waals surface area contributed by atoms with E-state index in [1.54, 1.807) is 34.2 Å². The molecule has 1 saturated heterocycles. The molecule has 1 fully saturated rings. The zero-order valence-corrected chi connectivity index (χ0v) is 18.9. The molecule has 4 rings (SSSR count). The molecule has 3 heterocycles. The van der Waals surface area contributed by atoms with Crippen LogP contribution < -0.4 is 0 Å². The van der Waals surface area contributed by atoms with Gasteiger partial charge in [-0.1, -0.05) is 12.1 Å². The van der Waals surface area contributed by atoms with Gasteiger partial charge in [0.2, 0.25) is 10.0 Å². The highest BCUT2D eigenvalue weighted by atomic mass is 32.2. The molecule has 164 valence electrons.